The van der Waals surface area contributed by atoms with E-state index in [9.17, 15) is 0 Å². The van der Waals surface area contributed by atoms with Gasteiger partial charge in [-0.1, -0.05) is 30.4 Å². The van der Waals surface area contributed by atoms with E-state index in [4.69, 9.17) is 4.74 Å². The normalized spacial score (nSPS) is 15.7. The zero-order valence-corrected chi connectivity index (χ0v) is 15.7. The topological polar surface area (TPSA) is 37.4 Å². The lowest BCUT2D eigenvalue weighted by Crippen LogP contribution is -2.42. The molecular weight excluding hydrogens is 322 g/mol. The van der Waals surface area contributed by atoms with Crippen molar-refractivity contribution in [3.8, 4) is 5.75 Å². The van der Waals surface area contributed by atoms with Crippen molar-refractivity contribution < 1.29 is 4.74 Å². The predicted molar refractivity (Wildman–Crippen MR) is 106 cm³/mol. The molecule has 1 aliphatic heterocycles. The molecular formula is C22H29N3O. The quantitative estimate of drug-likeness (QED) is 0.734. The van der Waals surface area contributed by atoms with Crippen molar-refractivity contribution in [2.75, 3.05) is 19.6 Å². The smallest absolute Gasteiger partial charge is 0.130 e. The molecule has 0 saturated carbocycles. The van der Waals surface area contributed by atoms with Crippen LogP contribution in [0.5, 0.6) is 5.75 Å². The van der Waals surface area contributed by atoms with Crippen LogP contribution in [0.1, 0.15) is 31.0 Å². The molecule has 0 spiro atoms. The highest BCUT2D eigenvalue weighted by Crippen LogP contribution is 2.16. The van der Waals surface area contributed by atoms with Crippen molar-refractivity contribution in [1.29, 1.82) is 0 Å². The average molecular weight is 351 g/mol. The first-order valence-electron chi connectivity index (χ1n) is 9.41. The van der Waals surface area contributed by atoms with Gasteiger partial charge in [-0.05, 0) is 62.7 Å². The lowest BCUT2D eigenvalue weighted by molar-refractivity contribution is 0.211. The van der Waals surface area contributed by atoms with Crippen LogP contribution < -0.4 is 10.1 Å². The van der Waals surface area contributed by atoms with Gasteiger partial charge in [-0.25, -0.2) is 0 Å². The molecule has 0 unspecified atom stereocenters. The number of aromatic nitrogens is 1. The number of pyridine rings is 1. The summed E-state index contributed by atoms with van der Waals surface area (Å²) in [5.74, 6) is 0.895. The number of ether oxygens (including phenoxy) is 1. The van der Waals surface area contributed by atoms with Gasteiger partial charge < -0.3 is 10.1 Å². The van der Waals surface area contributed by atoms with Crippen LogP contribution >= 0.6 is 0 Å². The van der Waals surface area contributed by atoms with E-state index in [0.717, 1.165) is 37.6 Å². The second-order valence-corrected chi connectivity index (χ2v) is 7.15. The number of benzene rings is 1. The van der Waals surface area contributed by atoms with Gasteiger partial charge in [-0.15, -0.1) is 0 Å². The summed E-state index contributed by atoms with van der Waals surface area (Å²) in [6.45, 7) is 10.8. The van der Waals surface area contributed by atoms with Gasteiger partial charge in [-0.3, -0.25) is 9.88 Å². The van der Waals surface area contributed by atoms with E-state index < -0.39 is 0 Å². The Balaban J connectivity index is 1.43. The Bertz CT molecular complexity index is 694. The zero-order chi connectivity index (χ0) is 18.2. The van der Waals surface area contributed by atoms with Crippen LogP contribution in [-0.4, -0.2) is 35.6 Å². The zero-order valence-electron chi connectivity index (χ0n) is 15.7. The Kier molecular flexibility index (Phi) is 6.81. The molecule has 3 rings (SSSR count). The van der Waals surface area contributed by atoms with Crippen LogP contribution in [0.2, 0.25) is 0 Å². The minimum Gasteiger partial charge on any atom is -0.487 e. The van der Waals surface area contributed by atoms with E-state index in [0.29, 0.717) is 12.6 Å². The minimum absolute atomic E-state index is 0.499. The van der Waals surface area contributed by atoms with Gasteiger partial charge in [0, 0.05) is 25.3 Å². The van der Waals surface area contributed by atoms with E-state index >= 15 is 0 Å². The summed E-state index contributed by atoms with van der Waals surface area (Å²) in [6, 6.07) is 14.8. The van der Waals surface area contributed by atoms with E-state index in [-0.39, 0.29) is 0 Å². The summed E-state index contributed by atoms with van der Waals surface area (Å²) in [5, 5.41) is 3.70. The third-order valence-electron chi connectivity index (χ3n) is 4.69. The van der Waals surface area contributed by atoms with Gasteiger partial charge in [0.2, 0.25) is 0 Å². The fraction of sp³-hybridized carbons (Fsp3) is 0.409. The molecule has 1 aliphatic rings. The van der Waals surface area contributed by atoms with Crippen molar-refractivity contribution in [2.45, 2.75) is 39.0 Å². The second-order valence-electron chi connectivity index (χ2n) is 7.15. The number of hydrogen-bond donors (Lipinski definition) is 1. The van der Waals surface area contributed by atoms with Crippen molar-refractivity contribution in [2.24, 2.45) is 0 Å². The Labute approximate surface area is 156 Å². The molecule has 26 heavy (non-hydrogen) atoms. The second kappa shape index (κ2) is 9.51. The summed E-state index contributed by atoms with van der Waals surface area (Å²) in [6.07, 6.45) is 4.19. The monoisotopic (exact) mass is 351 g/mol. The maximum absolute atomic E-state index is 5.87. The summed E-state index contributed by atoms with van der Waals surface area (Å²) in [7, 11) is 0. The van der Waals surface area contributed by atoms with Crippen LogP contribution in [0, 0.1) is 0 Å². The number of nitrogens with one attached hydrogen (secondary N) is 1. The van der Waals surface area contributed by atoms with Crippen molar-refractivity contribution in [3.63, 3.8) is 0 Å². The van der Waals surface area contributed by atoms with Crippen LogP contribution in [0.4, 0.5) is 0 Å². The number of hydrogen-bond acceptors (Lipinski definition) is 4. The molecule has 4 nitrogen and oxygen atoms in total. The van der Waals surface area contributed by atoms with E-state index in [2.05, 4.69) is 46.9 Å². The van der Waals surface area contributed by atoms with Crippen molar-refractivity contribution >= 4 is 0 Å². The molecule has 138 valence electrons. The predicted octanol–water partition coefficient (Wildman–Crippen LogP) is 3.79. The highest BCUT2D eigenvalue weighted by molar-refractivity contribution is 5.28. The minimum atomic E-state index is 0.499. The van der Waals surface area contributed by atoms with Gasteiger partial charge in [0.15, 0.2) is 0 Å². The molecule has 1 saturated heterocycles. The van der Waals surface area contributed by atoms with Crippen LogP contribution in [0.3, 0.4) is 0 Å². The molecule has 0 aliphatic carbocycles. The van der Waals surface area contributed by atoms with Crippen molar-refractivity contribution in [3.05, 3.63) is 72.1 Å². The molecule has 0 bridgehead atoms. The Morgan fingerprint density at radius 3 is 2.81 bits per heavy atom. The third-order valence-corrected chi connectivity index (χ3v) is 4.69. The first kappa shape index (κ1) is 18.6. The lowest BCUT2D eigenvalue weighted by atomic mass is 10.0. The highest BCUT2D eigenvalue weighted by Gasteiger charge is 2.18. The van der Waals surface area contributed by atoms with Gasteiger partial charge in [-0.2, -0.15) is 0 Å². The highest BCUT2D eigenvalue weighted by atomic mass is 16.5. The molecule has 2 heterocycles. The third kappa shape index (κ3) is 5.97. The van der Waals surface area contributed by atoms with Crippen LogP contribution in [-0.2, 0) is 13.2 Å². The maximum Gasteiger partial charge on any atom is 0.130 e. The first-order chi connectivity index (χ1) is 12.7. The molecule has 0 radical (unpaired) electrons. The van der Waals surface area contributed by atoms with Gasteiger partial charge in [0.05, 0.1) is 5.69 Å². The summed E-state index contributed by atoms with van der Waals surface area (Å²) >= 11 is 0. The lowest BCUT2D eigenvalue weighted by Gasteiger charge is -2.32. The molecule has 1 fully saturated rings. The summed E-state index contributed by atoms with van der Waals surface area (Å²) < 4.78 is 5.87. The fourth-order valence-electron chi connectivity index (χ4n) is 3.33. The molecule has 1 aromatic heterocycles. The largest absolute Gasteiger partial charge is 0.487 e. The molecule has 0 atom stereocenters. The summed E-state index contributed by atoms with van der Waals surface area (Å²) in [5.41, 5.74) is 3.45. The fourth-order valence-corrected chi connectivity index (χ4v) is 3.33. The van der Waals surface area contributed by atoms with Gasteiger partial charge >= 0.3 is 0 Å². The number of likely N-dealkylation sites (tertiary alicyclic amines) is 1. The van der Waals surface area contributed by atoms with Crippen molar-refractivity contribution in [1.82, 2.24) is 15.2 Å². The maximum atomic E-state index is 5.87. The number of rotatable bonds is 8. The average Bonchev–Trinajstić information content (AvgIpc) is 2.67. The van der Waals surface area contributed by atoms with E-state index in [1.54, 1.807) is 6.20 Å². The van der Waals surface area contributed by atoms with Crippen LogP contribution in [0.25, 0.3) is 0 Å². The molecule has 1 N–H and O–H groups in total. The first-order valence-corrected chi connectivity index (χ1v) is 9.41. The molecule has 1 aromatic carbocycles. The molecule has 2 aromatic rings. The number of piperidine rings is 1. The van der Waals surface area contributed by atoms with E-state index in [1.807, 2.05) is 24.3 Å². The van der Waals surface area contributed by atoms with Gasteiger partial charge in [0.1, 0.15) is 12.4 Å². The van der Waals surface area contributed by atoms with Crippen LogP contribution in [0.15, 0.2) is 60.8 Å². The Hall–Kier alpha value is -2.17. The molecule has 0 amide bonds. The van der Waals surface area contributed by atoms with E-state index in [1.165, 1.54) is 24.0 Å². The molecule has 4 heteroatoms. The number of nitrogens with zero attached hydrogens (tertiary/aromatic N) is 2. The Morgan fingerprint density at radius 2 is 2.08 bits per heavy atom. The SMILES string of the molecule is C=C(C)CN1CCC(NCc2cccc(OCc3ccccn3)c2)CC1. The Morgan fingerprint density at radius 1 is 1.23 bits per heavy atom. The van der Waals surface area contributed by atoms with Gasteiger partial charge in [0.25, 0.3) is 0 Å². The standard InChI is InChI=1S/C22H29N3O/c1-18(2)16-25-12-9-20(10-13-25)24-15-19-6-5-8-22(14-19)26-17-21-7-3-4-11-23-21/h3-8,11,14,20,24H,1,9-10,12-13,15-17H2,2H3. The summed E-state index contributed by atoms with van der Waals surface area (Å²) in [4.78, 5) is 6.78.